The Balaban J connectivity index is 1.80. The molecule has 0 atom stereocenters. The van der Waals surface area contributed by atoms with Crippen molar-refractivity contribution < 1.29 is 0 Å². The molecule has 30 heavy (non-hydrogen) atoms. The van der Waals surface area contributed by atoms with E-state index in [1.54, 1.807) is 23.5 Å². The molecule has 3 aromatic heterocycles. The van der Waals surface area contributed by atoms with Crippen molar-refractivity contribution in [3.05, 3.63) is 89.9 Å². The van der Waals surface area contributed by atoms with Crippen molar-refractivity contribution in [3.63, 3.8) is 0 Å². The van der Waals surface area contributed by atoms with E-state index in [4.69, 9.17) is 6.57 Å². The first-order valence-corrected chi connectivity index (χ1v) is 10.2. The molecule has 0 N–H and O–H groups in total. The lowest BCUT2D eigenvalue weighted by Crippen LogP contribution is -1.96. The van der Waals surface area contributed by atoms with E-state index < -0.39 is 0 Å². The number of rotatable bonds is 1. The molecule has 0 radical (unpaired) electrons. The maximum Gasteiger partial charge on any atom is 0.273 e. The van der Waals surface area contributed by atoms with E-state index in [1.165, 1.54) is 20.2 Å². The average molecular weight is 400 g/mol. The van der Waals surface area contributed by atoms with Gasteiger partial charge in [0.25, 0.3) is 5.82 Å². The van der Waals surface area contributed by atoms with Gasteiger partial charge in [0.2, 0.25) is 5.69 Å². The van der Waals surface area contributed by atoms with E-state index in [0.717, 1.165) is 27.5 Å². The maximum atomic E-state index is 9.41. The highest BCUT2D eigenvalue weighted by molar-refractivity contribution is 7.25. The van der Waals surface area contributed by atoms with Crippen molar-refractivity contribution in [3.8, 4) is 11.8 Å². The summed E-state index contributed by atoms with van der Waals surface area (Å²) in [5.74, 6) is 0.220. The highest BCUT2D eigenvalue weighted by Crippen LogP contribution is 2.40. The van der Waals surface area contributed by atoms with E-state index in [0.29, 0.717) is 0 Å². The van der Waals surface area contributed by atoms with Gasteiger partial charge in [0, 0.05) is 42.7 Å². The summed E-state index contributed by atoms with van der Waals surface area (Å²) in [7, 11) is 0. The summed E-state index contributed by atoms with van der Waals surface area (Å²) in [6, 6.07) is 26.8. The van der Waals surface area contributed by atoms with Crippen LogP contribution in [0, 0.1) is 17.9 Å². The van der Waals surface area contributed by atoms with Crippen molar-refractivity contribution in [2.45, 2.75) is 0 Å². The number of nitrogens with zero attached hydrogens (tertiary/aromatic N) is 4. The lowest BCUT2D eigenvalue weighted by Gasteiger charge is -2.08. The second-order valence-electron chi connectivity index (χ2n) is 7.11. The third-order valence-electron chi connectivity index (χ3n) is 5.45. The molecule has 6 rings (SSSR count). The molecule has 6 aromatic rings. The van der Waals surface area contributed by atoms with Gasteiger partial charge in [0.05, 0.1) is 11.0 Å². The first-order valence-electron chi connectivity index (χ1n) is 9.41. The number of pyridine rings is 1. The third kappa shape index (κ3) is 2.27. The van der Waals surface area contributed by atoms with Crippen LogP contribution in [-0.2, 0) is 0 Å². The number of nitriles is 1. The fraction of sp³-hybridized carbons (Fsp3) is 0. The fourth-order valence-electron chi connectivity index (χ4n) is 4.21. The summed E-state index contributed by atoms with van der Waals surface area (Å²) in [5, 5.41) is 14.2. The molecule has 0 aliphatic carbocycles. The number of hydrogen-bond acceptors (Lipinski definition) is 3. The summed E-state index contributed by atoms with van der Waals surface area (Å²) in [6.45, 7) is 7.38. The Labute approximate surface area is 175 Å². The topological polar surface area (TPSA) is 46.0 Å². The molecule has 0 saturated heterocycles. The minimum absolute atomic E-state index is 0.220. The number of para-hydroxylation sites is 1. The molecule has 3 heterocycles. The summed E-state index contributed by atoms with van der Waals surface area (Å²) in [6.07, 6.45) is 0. The zero-order chi connectivity index (χ0) is 20.2. The highest BCUT2D eigenvalue weighted by Gasteiger charge is 2.16. The van der Waals surface area contributed by atoms with Crippen LogP contribution in [0.15, 0.2) is 72.8 Å². The number of thiophene rings is 1. The molecule has 0 amide bonds. The largest absolute Gasteiger partial charge is 0.361 e. The number of benzene rings is 3. The molecule has 5 heteroatoms. The van der Waals surface area contributed by atoms with E-state index in [-0.39, 0.29) is 11.5 Å². The van der Waals surface area contributed by atoms with Crippen molar-refractivity contribution in [2.75, 3.05) is 0 Å². The summed E-state index contributed by atoms with van der Waals surface area (Å²) in [5.41, 5.74) is 3.12. The molecular weight excluding hydrogens is 388 g/mol. The van der Waals surface area contributed by atoms with Crippen LogP contribution < -0.4 is 0 Å². The zero-order valence-electron chi connectivity index (χ0n) is 15.6. The second-order valence-corrected chi connectivity index (χ2v) is 8.19. The van der Waals surface area contributed by atoms with Gasteiger partial charge in [0.15, 0.2) is 0 Å². The predicted octanol–water partition coefficient (Wildman–Crippen LogP) is 6.97. The average Bonchev–Trinajstić information content (AvgIpc) is 3.32. The van der Waals surface area contributed by atoms with Gasteiger partial charge in [-0.25, -0.2) is 0 Å². The Bertz CT molecular complexity index is 1690. The van der Waals surface area contributed by atoms with Crippen molar-refractivity contribution in [1.82, 2.24) is 9.55 Å². The quantitative estimate of drug-likeness (QED) is 0.280. The van der Waals surface area contributed by atoms with Crippen LogP contribution >= 0.6 is 11.3 Å². The molecule has 0 bridgehead atoms. The smallest absolute Gasteiger partial charge is 0.273 e. The van der Waals surface area contributed by atoms with Crippen LogP contribution in [0.3, 0.4) is 0 Å². The lowest BCUT2D eigenvalue weighted by molar-refractivity contribution is 1.15. The zero-order valence-corrected chi connectivity index (χ0v) is 16.4. The molecular formula is C25H12N4S. The van der Waals surface area contributed by atoms with Crippen molar-refractivity contribution in [2.24, 2.45) is 0 Å². The second kappa shape index (κ2) is 6.15. The summed E-state index contributed by atoms with van der Waals surface area (Å²) in [4.78, 5) is 7.56. The van der Waals surface area contributed by atoms with Crippen LogP contribution in [-0.4, -0.2) is 9.55 Å². The molecule has 0 saturated carbocycles. The number of hydrogen-bond donors (Lipinski definition) is 0. The Morgan fingerprint density at radius 2 is 1.63 bits per heavy atom. The van der Waals surface area contributed by atoms with Gasteiger partial charge in [0.1, 0.15) is 6.07 Å². The van der Waals surface area contributed by atoms with Gasteiger partial charge in [-0.15, -0.1) is 16.3 Å². The number of fused-ring (bicyclic) bond motifs is 6. The minimum atomic E-state index is 0.220. The van der Waals surface area contributed by atoms with Crippen LogP contribution in [0.25, 0.3) is 52.5 Å². The predicted molar refractivity (Wildman–Crippen MR) is 122 cm³/mol. The van der Waals surface area contributed by atoms with E-state index >= 15 is 0 Å². The molecule has 3 aromatic carbocycles. The van der Waals surface area contributed by atoms with Gasteiger partial charge < -0.3 is 9.41 Å². The monoisotopic (exact) mass is 400 g/mol. The molecule has 0 unspecified atom stereocenters. The third-order valence-corrected chi connectivity index (χ3v) is 6.59. The summed E-state index contributed by atoms with van der Waals surface area (Å²) < 4.78 is 4.61. The Morgan fingerprint density at radius 3 is 2.47 bits per heavy atom. The lowest BCUT2D eigenvalue weighted by atomic mass is 10.1. The van der Waals surface area contributed by atoms with Crippen LogP contribution in [0.4, 0.5) is 5.82 Å². The summed E-state index contributed by atoms with van der Waals surface area (Å²) >= 11 is 1.78. The van der Waals surface area contributed by atoms with Gasteiger partial charge >= 0.3 is 0 Å². The van der Waals surface area contributed by atoms with E-state index in [9.17, 15) is 5.26 Å². The number of aromatic nitrogens is 2. The van der Waals surface area contributed by atoms with E-state index in [1.807, 2.05) is 12.1 Å². The highest BCUT2D eigenvalue weighted by atomic mass is 32.1. The fourth-order valence-corrected chi connectivity index (χ4v) is 5.33. The van der Waals surface area contributed by atoms with Gasteiger partial charge in [-0.3, -0.25) is 0 Å². The first kappa shape index (κ1) is 16.7. The van der Waals surface area contributed by atoms with Crippen LogP contribution in [0.2, 0.25) is 0 Å². The molecule has 0 aliphatic rings. The standard InChI is InChI=1S/C25H12N4S/c1-27-25-11-16(10-15(14-26)28-25)29-21-8-4-2-6-17(21)19-12-20-18-7-3-5-9-23(18)30-24(20)13-22(19)29/h2-13H. The molecule has 0 aliphatic heterocycles. The molecule has 0 spiro atoms. The van der Waals surface area contributed by atoms with Crippen molar-refractivity contribution >= 4 is 59.1 Å². The van der Waals surface area contributed by atoms with E-state index in [2.05, 4.69) is 69.0 Å². The molecule has 0 fully saturated rings. The normalized spacial score (nSPS) is 11.3. The Morgan fingerprint density at radius 1 is 0.833 bits per heavy atom. The van der Waals surface area contributed by atoms with Gasteiger partial charge in [-0.2, -0.15) is 5.26 Å². The Kier molecular flexibility index (Phi) is 3.43. The van der Waals surface area contributed by atoms with Crippen molar-refractivity contribution in [1.29, 1.82) is 5.26 Å². The molecule has 138 valence electrons. The van der Waals surface area contributed by atoms with Gasteiger partial charge in [-0.1, -0.05) is 43.0 Å². The maximum absolute atomic E-state index is 9.41. The van der Waals surface area contributed by atoms with Gasteiger partial charge in [-0.05, 0) is 30.3 Å². The first-order chi connectivity index (χ1) is 14.8. The SMILES string of the molecule is [C-]#[N+]c1cc(-n2c3ccccc3c3cc4c(cc32)sc2ccccc24)cc(C#N)n1. The van der Waals surface area contributed by atoms with Crippen LogP contribution in [0.5, 0.6) is 0 Å². The van der Waals surface area contributed by atoms with Crippen LogP contribution in [0.1, 0.15) is 5.69 Å². The Hall–Kier alpha value is -4.19. The molecule has 4 nitrogen and oxygen atoms in total. The minimum Gasteiger partial charge on any atom is -0.361 e.